The van der Waals surface area contributed by atoms with Crippen molar-refractivity contribution >= 4 is 25.7 Å². The summed E-state index contributed by atoms with van der Waals surface area (Å²) in [5, 5.41) is 8.91. The number of hydrogen-bond acceptors (Lipinski definition) is 9. The van der Waals surface area contributed by atoms with E-state index in [4.69, 9.17) is 24.8 Å². The molecule has 0 aromatic rings. The number of allylic oxidation sites excluding steroid dienone is 8. The molecule has 4 N–H and O–H groups in total. The van der Waals surface area contributed by atoms with Crippen molar-refractivity contribution in [2.75, 3.05) is 19.8 Å². The lowest BCUT2D eigenvalue weighted by Gasteiger charge is -2.20. The van der Waals surface area contributed by atoms with Gasteiger partial charge in [0.15, 0.2) is 6.10 Å². The van der Waals surface area contributed by atoms with E-state index in [-0.39, 0.29) is 19.4 Å². The Labute approximate surface area is 371 Å². The van der Waals surface area contributed by atoms with Crippen molar-refractivity contribution in [3.63, 3.8) is 0 Å². The molecule has 11 nitrogen and oxygen atoms in total. The molecule has 0 aromatic carbocycles. The van der Waals surface area contributed by atoms with Crippen molar-refractivity contribution in [1.82, 2.24) is 0 Å². The number of carbonyl (C=O) groups is 3. The molecule has 0 saturated heterocycles. The molecule has 0 bridgehead atoms. The fraction of sp³-hybridized carbons (Fsp3) is 0.776. The Balaban J connectivity index is 4.35. The molecular weight excluding hydrogens is 794 g/mol. The van der Waals surface area contributed by atoms with Crippen molar-refractivity contribution in [3.05, 3.63) is 48.6 Å². The molecule has 354 valence electrons. The van der Waals surface area contributed by atoms with E-state index in [1.807, 2.05) is 0 Å². The third-order valence-corrected chi connectivity index (χ3v) is 11.3. The van der Waals surface area contributed by atoms with Crippen LogP contribution in [-0.2, 0) is 37.5 Å². The predicted molar refractivity (Wildman–Crippen MR) is 249 cm³/mol. The molecule has 1 unspecified atom stereocenters. The monoisotopic (exact) mass is 882 g/mol. The van der Waals surface area contributed by atoms with Gasteiger partial charge in [0.2, 0.25) is 0 Å². The fourth-order valence-electron chi connectivity index (χ4n) is 6.52. The van der Waals surface area contributed by atoms with Gasteiger partial charge in [-0.15, -0.1) is 0 Å². The number of esters is 2. The zero-order valence-electron chi connectivity index (χ0n) is 38.5. The fourth-order valence-corrected chi connectivity index (χ4v) is 7.30. The van der Waals surface area contributed by atoms with E-state index in [1.165, 1.54) is 116 Å². The van der Waals surface area contributed by atoms with Crippen molar-refractivity contribution in [1.29, 1.82) is 0 Å². The van der Waals surface area contributed by atoms with Gasteiger partial charge >= 0.3 is 25.7 Å². The van der Waals surface area contributed by atoms with E-state index < -0.39 is 51.1 Å². The van der Waals surface area contributed by atoms with Gasteiger partial charge in [0.25, 0.3) is 0 Å². The van der Waals surface area contributed by atoms with Crippen LogP contribution in [0.2, 0.25) is 0 Å². The van der Waals surface area contributed by atoms with Crippen LogP contribution in [-0.4, -0.2) is 59.9 Å². The van der Waals surface area contributed by atoms with Crippen LogP contribution in [0.4, 0.5) is 0 Å². The molecule has 0 aromatic heterocycles. The Morgan fingerprint density at radius 1 is 0.508 bits per heavy atom. The first kappa shape index (κ1) is 58.4. The highest BCUT2D eigenvalue weighted by Gasteiger charge is 2.28. The lowest BCUT2D eigenvalue weighted by molar-refractivity contribution is -0.161. The molecular formula is C49H88NO10P. The maximum atomic E-state index is 12.7. The Morgan fingerprint density at radius 3 is 1.33 bits per heavy atom. The Hall–Kier alpha value is -2.56. The smallest absolute Gasteiger partial charge is 0.472 e. The van der Waals surface area contributed by atoms with E-state index in [9.17, 15) is 23.8 Å². The summed E-state index contributed by atoms with van der Waals surface area (Å²) in [6.07, 6.45) is 50.3. The summed E-state index contributed by atoms with van der Waals surface area (Å²) in [7, 11) is -4.73. The highest BCUT2D eigenvalue weighted by atomic mass is 31.2. The summed E-state index contributed by atoms with van der Waals surface area (Å²) in [4.78, 5) is 46.1. The van der Waals surface area contributed by atoms with Crippen LogP contribution in [0.15, 0.2) is 48.6 Å². The summed E-state index contributed by atoms with van der Waals surface area (Å²) < 4.78 is 32.8. The molecule has 0 aliphatic heterocycles. The SMILES string of the molecule is CCCCC/C=C/C/C=C/C/C=C/C/C=C/CCCCCC(=O)O[C@H](COC(=O)CCCCCCCCCCCCCCCCCCCC)COP(=O)(O)OC[C@H](N)C(=O)O. The highest BCUT2D eigenvalue weighted by molar-refractivity contribution is 7.47. The molecule has 61 heavy (non-hydrogen) atoms. The number of rotatable bonds is 45. The summed E-state index contributed by atoms with van der Waals surface area (Å²) in [6, 6.07) is -1.53. The van der Waals surface area contributed by atoms with Crippen molar-refractivity contribution in [3.8, 4) is 0 Å². The molecule has 12 heteroatoms. The number of phosphoric ester groups is 1. The lowest BCUT2D eigenvalue weighted by atomic mass is 10.0. The van der Waals surface area contributed by atoms with Gasteiger partial charge in [0.1, 0.15) is 12.6 Å². The van der Waals surface area contributed by atoms with Gasteiger partial charge in [-0.25, -0.2) is 4.57 Å². The second-order valence-corrected chi connectivity index (χ2v) is 17.7. The van der Waals surface area contributed by atoms with Gasteiger partial charge in [-0.3, -0.25) is 23.4 Å². The quantitative estimate of drug-likeness (QED) is 0.0230. The average molecular weight is 882 g/mol. The third kappa shape index (κ3) is 43.9. The summed E-state index contributed by atoms with van der Waals surface area (Å²) in [5.41, 5.74) is 5.34. The van der Waals surface area contributed by atoms with Crippen molar-refractivity contribution in [2.45, 2.75) is 225 Å². The maximum absolute atomic E-state index is 12.7. The van der Waals surface area contributed by atoms with Gasteiger partial charge in [-0.05, 0) is 57.8 Å². The van der Waals surface area contributed by atoms with Gasteiger partial charge in [0, 0.05) is 12.8 Å². The highest BCUT2D eigenvalue weighted by Crippen LogP contribution is 2.43. The van der Waals surface area contributed by atoms with Gasteiger partial charge in [-0.1, -0.05) is 191 Å². The van der Waals surface area contributed by atoms with Crippen molar-refractivity contribution in [2.24, 2.45) is 5.73 Å². The van der Waals surface area contributed by atoms with E-state index >= 15 is 0 Å². The third-order valence-electron chi connectivity index (χ3n) is 10.3. The number of carboxylic acid groups (broad SMARTS) is 1. The normalized spacial score (nSPS) is 14.0. The molecule has 0 aliphatic rings. The number of carboxylic acids is 1. The Kier molecular flexibility index (Phi) is 42.2. The van der Waals surface area contributed by atoms with Crippen LogP contribution in [0.5, 0.6) is 0 Å². The zero-order valence-corrected chi connectivity index (χ0v) is 39.4. The second-order valence-electron chi connectivity index (χ2n) is 16.2. The number of unbranched alkanes of at least 4 members (excludes halogenated alkanes) is 23. The second kappa shape index (κ2) is 44.1. The first-order chi connectivity index (χ1) is 29.6. The Bertz CT molecular complexity index is 1220. The van der Waals surface area contributed by atoms with Crippen LogP contribution in [0.3, 0.4) is 0 Å². The minimum atomic E-state index is -4.73. The van der Waals surface area contributed by atoms with E-state index in [0.717, 1.165) is 57.8 Å². The largest absolute Gasteiger partial charge is 0.480 e. The first-order valence-corrected chi connectivity index (χ1v) is 25.7. The topological polar surface area (TPSA) is 172 Å². The standard InChI is InChI=1S/C49H88NO10P/c1-3-5-7-9-11-13-15-17-19-21-23-25-27-29-31-33-35-37-39-41-48(52)60-45(43-58-61(55,56)59-44-46(50)49(53)54)42-57-47(51)40-38-36-34-32-30-28-26-24-22-20-18-16-14-12-10-8-6-4-2/h11,13,17,19,23,25,29,31,45-46H,3-10,12,14-16,18,20-22,24,26-28,30,32-44,50H2,1-2H3,(H,53,54)(H,55,56)/b13-11+,19-17+,25-23+,31-29+/t45-,46+/m1/s1. The molecule has 0 amide bonds. The average Bonchev–Trinajstić information content (AvgIpc) is 3.24. The minimum absolute atomic E-state index is 0.124. The summed E-state index contributed by atoms with van der Waals surface area (Å²) >= 11 is 0. The number of carbonyl (C=O) groups excluding carboxylic acids is 2. The molecule has 0 rings (SSSR count). The summed E-state index contributed by atoms with van der Waals surface area (Å²) in [6.45, 7) is 2.77. The number of ether oxygens (including phenoxy) is 2. The Morgan fingerprint density at radius 2 is 0.869 bits per heavy atom. The number of hydrogen-bond donors (Lipinski definition) is 3. The molecule has 0 heterocycles. The van der Waals surface area contributed by atoms with Crippen LogP contribution < -0.4 is 5.73 Å². The minimum Gasteiger partial charge on any atom is -0.480 e. The molecule has 0 spiro atoms. The molecule has 0 radical (unpaired) electrons. The van der Waals surface area contributed by atoms with E-state index in [1.54, 1.807) is 0 Å². The van der Waals surface area contributed by atoms with Gasteiger partial charge < -0.3 is 25.2 Å². The number of phosphoric acid groups is 1. The van der Waals surface area contributed by atoms with E-state index in [0.29, 0.717) is 12.8 Å². The lowest BCUT2D eigenvalue weighted by Crippen LogP contribution is -2.34. The number of aliphatic carboxylic acids is 1. The van der Waals surface area contributed by atoms with E-state index in [2.05, 4.69) is 67.0 Å². The summed E-state index contributed by atoms with van der Waals surface area (Å²) in [5.74, 6) is -2.41. The number of nitrogens with two attached hydrogens (primary N) is 1. The van der Waals surface area contributed by atoms with Crippen LogP contribution in [0, 0.1) is 0 Å². The van der Waals surface area contributed by atoms with Crippen LogP contribution in [0.1, 0.15) is 213 Å². The zero-order chi connectivity index (χ0) is 44.9. The van der Waals surface area contributed by atoms with Gasteiger partial charge in [-0.2, -0.15) is 0 Å². The van der Waals surface area contributed by atoms with Gasteiger partial charge in [0.05, 0.1) is 13.2 Å². The van der Waals surface area contributed by atoms with Crippen molar-refractivity contribution < 1.29 is 47.5 Å². The maximum Gasteiger partial charge on any atom is 0.472 e. The predicted octanol–water partition coefficient (Wildman–Crippen LogP) is 13.3. The first-order valence-electron chi connectivity index (χ1n) is 24.2. The van der Waals surface area contributed by atoms with Crippen LogP contribution in [0.25, 0.3) is 0 Å². The molecule has 0 aliphatic carbocycles. The van der Waals surface area contributed by atoms with Crippen LogP contribution >= 0.6 is 7.82 Å². The molecule has 0 saturated carbocycles. The molecule has 3 atom stereocenters. The molecule has 0 fully saturated rings.